The Balaban J connectivity index is 2.67. The van der Waals surface area contributed by atoms with Gasteiger partial charge >= 0.3 is 0 Å². The number of nitrogens with one attached hydrogen (secondary N) is 1. The van der Waals surface area contributed by atoms with Crippen LogP contribution in [-0.4, -0.2) is 0 Å². The highest BCUT2D eigenvalue weighted by Gasteiger charge is 2.12. The average Bonchev–Trinajstić information content (AvgIpc) is 2.07. The zero-order valence-corrected chi connectivity index (χ0v) is 7.80. The standard InChI is InChI=1S/C9H17N3/c1-3-7(4-2)8-5-9(10)12-11-6-8/h5-7,11-12H,3-4,10H2,1-2H3/p+1. The van der Waals surface area contributed by atoms with Crippen LogP contribution in [0.1, 0.15) is 26.7 Å². The van der Waals surface area contributed by atoms with Gasteiger partial charge in [-0.1, -0.05) is 13.8 Å². The number of rotatable bonds is 3. The van der Waals surface area contributed by atoms with Crippen molar-refractivity contribution >= 4 is 0 Å². The molecule has 0 amide bonds. The summed E-state index contributed by atoms with van der Waals surface area (Å²) in [4.78, 5) is 0. The van der Waals surface area contributed by atoms with Crippen molar-refractivity contribution in [3.8, 4) is 0 Å². The van der Waals surface area contributed by atoms with Crippen LogP contribution in [-0.2, 0) is 0 Å². The maximum absolute atomic E-state index is 5.67. The van der Waals surface area contributed by atoms with Gasteiger partial charge in [-0.25, -0.2) is 10.9 Å². The number of hydrogen-bond acceptors (Lipinski definition) is 2. The van der Waals surface area contributed by atoms with Crippen LogP contribution in [0.15, 0.2) is 23.7 Å². The first-order chi connectivity index (χ1) is 5.77. The maximum Gasteiger partial charge on any atom is 0.220 e. The Labute approximate surface area is 73.7 Å². The zero-order chi connectivity index (χ0) is 8.97. The number of quaternary nitrogens is 1. The molecule has 0 aromatic heterocycles. The van der Waals surface area contributed by atoms with E-state index in [1.807, 2.05) is 17.7 Å². The van der Waals surface area contributed by atoms with E-state index in [0.29, 0.717) is 5.92 Å². The Morgan fingerprint density at radius 3 is 2.67 bits per heavy atom. The molecule has 1 rings (SSSR count). The van der Waals surface area contributed by atoms with Crippen molar-refractivity contribution in [1.82, 2.24) is 5.43 Å². The Morgan fingerprint density at radius 2 is 2.17 bits per heavy atom. The van der Waals surface area contributed by atoms with Crippen molar-refractivity contribution in [2.75, 3.05) is 0 Å². The minimum Gasteiger partial charge on any atom is -0.353 e. The van der Waals surface area contributed by atoms with Crippen molar-refractivity contribution in [2.24, 2.45) is 11.7 Å². The van der Waals surface area contributed by atoms with E-state index in [2.05, 4.69) is 19.3 Å². The molecule has 68 valence electrons. The molecule has 1 aliphatic heterocycles. The molecule has 0 aliphatic carbocycles. The normalized spacial score (nSPS) is 16.9. The molecule has 12 heavy (non-hydrogen) atoms. The third-order valence-corrected chi connectivity index (χ3v) is 2.29. The lowest BCUT2D eigenvalue weighted by molar-refractivity contribution is -0.659. The van der Waals surface area contributed by atoms with Gasteiger partial charge in [0.15, 0.2) is 0 Å². The average molecular weight is 168 g/mol. The molecule has 1 heterocycles. The zero-order valence-electron chi connectivity index (χ0n) is 7.80. The molecule has 0 saturated heterocycles. The highest BCUT2D eigenvalue weighted by molar-refractivity contribution is 5.22. The summed E-state index contributed by atoms with van der Waals surface area (Å²) in [6, 6.07) is 0. The van der Waals surface area contributed by atoms with Crippen molar-refractivity contribution in [3.05, 3.63) is 23.7 Å². The van der Waals surface area contributed by atoms with E-state index >= 15 is 0 Å². The van der Waals surface area contributed by atoms with E-state index in [9.17, 15) is 0 Å². The molecule has 0 radical (unpaired) electrons. The molecule has 0 bridgehead atoms. The van der Waals surface area contributed by atoms with Gasteiger partial charge in [0.2, 0.25) is 5.82 Å². The van der Waals surface area contributed by atoms with Crippen molar-refractivity contribution < 1.29 is 5.43 Å². The summed E-state index contributed by atoms with van der Waals surface area (Å²) in [5.74, 6) is 1.46. The molecule has 0 aromatic carbocycles. The number of nitrogens with two attached hydrogens (primary N) is 2. The molecule has 0 aromatic rings. The van der Waals surface area contributed by atoms with Crippen LogP contribution in [0.2, 0.25) is 0 Å². The topological polar surface area (TPSA) is 54.7 Å². The fraction of sp³-hybridized carbons (Fsp3) is 0.556. The van der Waals surface area contributed by atoms with Crippen LogP contribution in [0.5, 0.6) is 0 Å². The molecule has 0 fully saturated rings. The first-order valence-corrected chi connectivity index (χ1v) is 4.54. The minimum atomic E-state index is 0.643. The summed E-state index contributed by atoms with van der Waals surface area (Å²) in [6.45, 7) is 4.41. The quantitative estimate of drug-likeness (QED) is 0.527. The molecule has 0 saturated carbocycles. The van der Waals surface area contributed by atoms with Crippen LogP contribution in [0.4, 0.5) is 0 Å². The lowest BCUT2D eigenvalue weighted by Gasteiger charge is -2.16. The van der Waals surface area contributed by atoms with Gasteiger partial charge < -0.3 is 5.73 Å². The van der Waals surface area contributed by atoms with Gasteiger partial charge in [0.1, 0.15) is 0 Å². The van der Waals surface area contributed by atoms with E-state index < -0.39 is 0 Å². The molecule has 0 atom stereocenters. The molecule has 1 aliphatic rings. The van der Waals surface area contributed by atoms with Crippen LogP contribution >= 0.6 is 0 Å². The maximum atomic E-state index is 5.67. The molecule has 5 N–H and O–H groups in total. The second-order valence-corrected chi connectivity index (χ2v) is 3.11. The predicted molar refractivity (Wildman–Crippen MR) is 49.5 cm³/mol. The van der Waals surface area contributed by atoms with E-state index in [1.54, 1.807) is 0 Å². The Morgan fingerprint density at radius 1 is 1.50 bits per heavy atom. The highest BCUT2D eigenvalue weighted by Crippen LogP contribution is 2.19. The smallest absolute Gasteiger partial charge is 0.220 e. The SMILES string of the molecule is CCC(CC)C1=CN[NH2+]C(N)=C1. The summed E-state index contributed by atoms with van der Waals surface area (Å²) in [6.07, 6.45) is 6.43. The largest absolute Gasteiger partial charge is 0.353 e. The van der Waals surface area contributed by atoms with Gasteiger partial charge in [-0.05, 0) is 24.3 Å². The van der Waals surface area contributed by atoms with Crippen LogP contribution in [0.25, 0.3) is 0 Å². The molecular weight excluding hydrogens is 150 g/mol. The first-order valence-electron chi connectivity index (χ1n) is 4.54. The van der Waals surface area contributed by atoms with Crippen LogP contribution < -0.4 is 16.6 Å². The summed E-state index contributed by atoms with van der Waals surface area (Å²) in [7, 11) is 0. The minimum absolute atomic E-state index is 0.643. The fourth-order valence-corrected chi connectivity index (χ4v) is 1.51. The lowest BCUT2D eigenvalue weighted by atomic mass is 9.94. The van der Waals surface area contributed by atoms with Gasteiger partial charge in [-0.3, -0.25) is 0 Å². The molecule has 0 unspecified atom stereocenters. The Hall–Kier alpha value is -0.960. The van der Waals surface area contributed by atoms with Crippen LogP contribution in [0.3, 0.4) is 0 Å². The van der Waals surface area contributed by atoms with Gasteiger partial charge in [0.05, 0.1) is 6.20 Å². The second-order valence-electron chi connectivity index (χ2n) is 3.11. The van der Waals surface area contributed by atoms with Crippen LogP contribution in [0, 0.1) is 5.92 Å². The third kappa shape index (κ3) is 2.01. The van der Waals surface area contributed by atoms with E-state index in [4.69, 9.17) is 5.73 Å². The molecule has 0 spiro atoms. The first kappa shape index (κ1) is 9.13. The highest BCUT2D eigenvalue weighted by atomic mass is 15.4. The number of hydrogen-bond donors (Lipinski definition) is 3. The Kier molecular flexibility index (Phi) is 3.17. The summed E-state index contributed by atoms with van der Waals surface area (Å²) < 4.78 is 0. The molecular formula is C9H18N3+. The van der Waals surface area contributed by atoms with Gasteiger partial charge in [-0.2, -0.15) is 0 Å². The van der Waals surface area contributed by atoms with E-state index in [1.165, 1.54) is 18.4 Å². The molecule has 3 heteroatoms. The number of allylic oxidation sites excluding steroid dienone is 2. The van der Waals surface area contributed by atoms with Crippen molar-refractivity contribution in [2.45, 2.75) is 26.7 Å². The van der Waals surface area contributed by atoms with E-state index in [-0.39, 0.29) is 0 Å². The lowest BCUT2D eigenvalue weighted by Crippen LogP contribution is -2.92. The molecule has 3 nitrogen and oxygen atoms in total. The third-order valence-electron chi connectivity index (χ3n) is 2.29. The van der Waals surface area contributed by atoms with Gasteiger partial charge in [0, 0.05) is 6.08 Å². The summed E-state index contributed by atoms with van der Waals surface area (Å²) >= 11 is 0. The monoisotopic (exact) mass is 168 g/mol. The second kappa shape index (κ2) is 4.16. The van der Waals surface area contributed by atoms with Crippen molar-refractivity contribution in [1.29, 1.82) is 0 Å². The summed E-state index contributed by atoms with van der Waals surface area (Å²) in [5.41, 5.74) is 11.9. The van der Waals surface area contributed by atoms with Gasteiger partial charge in [-0.15, -0.1) is 0 Å². The summed E-state index contributed by atoms with van der Waals surface area (Å²) in [5, 5.41) is 0. The Bertz CT molecular complexity index is 202. The van der Waals surface area contributed by atoms with E-state index in [0.717, 1.165) is 5.82 Å². The predicted octanol–water partition coefficient (Wildman–Crippen LogP) is 0.188. The van der Waals surface area contributed by atoms with Crippen molar-refractivity contribution in [3.63, 3.8) is 0 Å². The van der Waals surface area contributed by atoms with Gasteiger partial charge in [0.25, 0.3) is 0 Å². The fourth-order valence-electron chi connectivity index (χ4n) is 1.51.